The Kier molecular flexibility index (Phi) is 4.80. The predicted octanol–water partition coefficient (Wildman–Crippen LogP) is 1.59. The van der Waals surface area contributed by atoms with Crippen molar-refractivity contribution >= 4 is 5.69 Å². The first-order valence-electron chi connectivity index (χ1n) is 6.92. The van der Waals surface area contributed by atoms with Crippen molar-refractivity contribution in [3.05, 3.63) is 29.8 Å². The lowest BCUT2D eigenvalue weighted by Gasteiger charge is -2.34. The predicted molar refractivity (Wildman–Crippen MR) is 79.1 cm³/mol. The van der Waals surface area contributed by atoms with Crippen molar-refractivity contribution in [3.8, 4) is 0 Å². The summed E-state index contributed by atoms with van der Waals surface area (Å²) in [4.78, 5) is 4.66. The molecular weight excluding hydrogens is 238 g/mol. The molecule has 1 aromatic rings. The number of ether oxygens (including phenoxy) is 1. The highest BCUT2D eigenvalue weighted by atomic mass is 16.5. The van der Waals surface area contributed by atoms with Gasteiger partial charge in [-0.3, -0.25) is 4.90 Å². The first kappa shape index (κ1) is 14.3. The van der Waals surface area contributed by atoms with Crippen molar-refractivity contribution in [2.45, 2.75) is 19.1 Å². The number of anilines is 1. The summed E-state index contributed by atoms with van der Waals surface area (Å²) in [5, 5.41) is 0. The molecule has 1 heterocycles. The number of hydrogen-bond acceptors (Lipinski definition) is 4. The Morgan fingerprint density at radius 2 is 2.32 bits per heavy atom. The second-order valence-electron chi connectivity index (χ2n) is 5.54. The zero-order valence-electron chi connectivity index (χ0n) is 12.2. The van der Waals surface area contributed by atoms with Gasteiger partial charge in [-0.15, -0.1) is 0 Å². The summed E-state index contributed by atoms with van der Waals surface area (Å²) >= 11 is 0. The van der Waals surface area contributed by atoms with Crippen LogP contribution in [0.3, 0.4) is 0 Å². The van der Waals surface area contributed by atoms with Gasteiger partial charge in [-0.2, -0.15) is 0 Å². The molecule has 0 amide bonds. The topological polar surface area (TPSA) is 41.7 Å². The van der Waals surface area contributed by atoms with Gasteiger partial charge in [-0.1, -0.05) is 12.1 Å². The summed E-state index contributed by atoms with van der Waals surface area (Å²) in [5.74, 6) is 0. The number of likely N-dealkylation sites (N-methyl/N-ethyl adjacent to an activating group) is 2. The summed E-state index contributed by atoms with van der Waals surface area (Å²) in [7, 11) is 4.29. The molecule has 1 aliphatic heterocycles. The van der Waals surface area contributed by atoms with Crippen LogP contribution >= 0.6 is 0 Å². The maximum Gasteiger partial charge on any atom is 0.0829 e. The summed E-state index contributed by atoms with van der Waals surface area (Å²) in [6.07, 6.45) is 0.298. The van der Waals surface area contributed by atoms with Gasteiger partial charge in [-0.25, -0.2) is 0 Å². The number of nitrogen functional groups attached to an aromatic ring is 1. The second kappa shape index (κ2) is 6.37. The smallest absolute Gasteiger partial charge is 0.0829 e. The van der Waals surface area contributed by atoms with Crippen LogP contribution in [0, 0.1) is 0 Å². The summed E-state index contributed by atoms with van der Waals surface area (Å²) in [5.41, 5.74) is 7.93. The van der Waals surface area contributed by atoms with Gasteiger partial charge in [-0.05, 0) is 38.7 Å². The van der Waals surface area contributed by atoms with Crippen LogP contribution in [0.15, 0.2) is 24.3 Å². The molecule has 19 heavy (non-hydrogen) atoms. The molecule has 106 valence electrons. The molecule has 4 heteroatoms. The highest BCUT2D eigenvalue weighted by molar-refractivity contribution is 5.41. The van der Waals surface area contributed by atoms with Crippen LogP contribution in [0.25, 0.3) is 0 Å². The third-order valence-electron chi connectivity index (χ3n) is 3.89. The molecule has 2 unspecified atom stereocenters. The largest absolute Gasteiger partial charge is 0.399 e. The van der Waals surface area contributed by atoms with Crippen LogP contribution in [-0.2, 0) is 4.74 Å². The highest BCUT2D eigenvalue weighted by Gasteiger charge is 2.21. The van der Waals surface area contributed by atoms with Crippen molar-refractivity contribution in [1.29, 1.82) is 0 Å². The van der Waals surface area contributed by atoms with E-state index in [2.05, 4.69) is 43.0 Å². The van der Waals surface area contributed by atoms with E-state index in [4.69, 9.17) is 10.5 Å². The Bertz CT molecular complexity index is 410. The third kappa shape index (κ3) is 3.93. The molecule has 0 aliphatic carbocycles. The number of morpholine rings is 1. The summed E-state index contributed by atoms with van der Waals surface area (Å²) in [6.45, 7) is 6.03. The van der Waals surface area contributed by atoms with E-state index in [1.165, 1.54) is 5.56 Å². The minimum atomic E-state index is 0.298. The molecule has 2 atom stereocenters. The molecule has 4 nitrogen and oxygen atoms in total. The van der Waals surface area contributed by atoms with Gasteiger partial charge in [0.25, 0.3) is 0 Å². The molecule has 0 radical (unpaired) electrons. The van der Waals surface area contributed by atoms with Gasteiger partial charge in [0.05, 0.1) is 12.7 Å². The van der Waals surface area contributed by atoms with Crippen LogP contribution in [0.4, 0.5) is 5.69 Å². The van der Waals surface area contributed by atoms with Crippen molar-refractivity contribution in [3.63, 3.8) is 0 Å². The molecule has 1 saturated heterocycles. The van der Waals surface area contributed by atoms with E-state index in [-0.39, 0.29) is 0 Å². The van der Waals surface area contributed by atoms with Gasteiger partial charge in [0.1, 0.15) is 0 Å². The Morgan fingerprint density at radius 3 is 3.00 bits per heavy atom. The minimum Gasteiger partial charge on any atom is -0.399 e. The quantitative estimate of drug-likeness (QED) is 0.838. The monoisotopic (exact) mass is 263 g/mol. The van der Waals surface area contributed by atoms with Crippen LogP contribution in [-0.4, -0.2) is 56.2 Å². The molecule has 0 spiro atoms. The summed E-state index contributed by atoms with van der Waals surface area (Å²) in [6, 6.07) is 8.47. The number of hydrogen-bond donors (Lipinski definition) is 1. The van der Waals surface area contributed by atoms with E-state index in [0.717, 1.165) is 31.9 Å². The Hall–Kier alpha value is -1.10. The summed E-state index contributed by atoms with van der Waals surface area (Å²) < 4.78 is 5.82. The van der Waals surface area contributed by atoms with Gasteiger partial charge in [0.2, 0.25) is 0 Å². The highest BCUT2D eigenvalue weighted by Crippen LogP contribution is 2.21. The lowest BCUT2D eigenvalue weighted by Crippen LogP contribution is -2.45. The number of benzene rings is 1. The van der Waals surface area contributed by atoms with Crippen molar-refractivity contribution in [2.75, 3.05) is 46.1 Å². The number of rotatable bonds is 4. The lowest BCUT2D eigenvalue weighted by molar-refractivity contribution is -0.0366. The average Bonchev–Trinajstić information content (AvgIpc) is 2.38. The first-order chi connectivity index (χ1) is 9.06. The Morgan fingerprint density at radius 1 is 1.53 bits per heavy atom. The van der Waals surface area contributed by atoms with E-state index < -0.39 is 0 Å². The molecule has 1 aromatic carbocycles. The standard InChI is InChI=1S/C15H25N3O/c1-12(13-5-4-6-14(16)9-13)18(3)11-15-10-17(2)7-8-19-15/h4-6,9,12,15H,7-8,10-11,16H2,1-3H3. The molecule has 2 N–H and O–H groups in total. The fourth-order valence-electron chi connectivity index (χ4n) is 2.53. The fraction of sp³-hybridized carbons (Fsp3) is 0.600. The van der Waals surface area contributed by atoms with E-state index >= 15 is 0 Å². The zero-order valence-corrected chi connectivity index (χ0v) is 12.2. The van der Waals surface area contributed by atoms with Crippen molar-refractivity contribution in [2.24, 2.45) is 0 Å². The minimum absolute atomic E-state index is 0.298. The van der Waals surface area contributed by atoms with Gasteiger partial charge < -0.3 is 15.4 Å². The second-order valence-corrected chi connectivity index (χ2v) is 5.54. The fourth-order valence-corrected chi connectivity index (χ4v) is 2.53. The zero-order chi connectivity index (χ0) is 13.8. The third-order valence-corrected chi connectivity index (χ3v) is 3.89. The molecule has 1 fully saturated rings. The maximum absolute atomic E-state index is 5.85. The molecular formula is C15H25N3O. The van der Waals surface area contributed by atoms with E-state index in [1.807, 2.05) is 12.1 Å². The molecule has 0 saturated carbocycles. The van der Waals surface area contributed by atoms with Gasteiger partial charge in [0.15, 0.2) is 0 Å². The first-order valence-corrected chi connectivity index (χ1v) is 6.92. The van der Waals surface area contributed by atoms with Gasteiger partial charge in [0, 0.05) is 31.4 Å². The normalized spacial score (nSPS) is 22.6. The van der Waals surface area contributed by atoms with E-state index in [0.29, 0.717) is 12.1 Å². The Labute approximate surface area is 116 Å². The molecule has 0 bridgehead atoms. The number of nitrogens with zero attached hydrogens (tertiary/aromatic N) is 2. The maximum atomic E-state index is 5.85. The van der Waals surface area contributed by atoms with Crippen LogP contribution < -0.4 is 5.73 Å². The molecule has 1 aliphatic rings. The van der Waals surface area contributed by atoms with Crippen LogP contribution in [0.1, 0.15) is 18.5 Å². The van der Waals surface area contributed by atoms with Crippen molar-refractivity contribution < 1.29 is 4.74 Å². The van der Waals surface area contributed by atoms with Crippen LogP contribution in [0.2, 0.25) is 0 Å². The van der Waals surface area contributed by atoms with Gasteiger partial charge >= 0.3 is 0 Å². The van der Waals surface area contributed by atoms with E-state index in [9.17, 15) is 0 Å². The van der Waals surface area contributed by atoms with Crippen molar-refractivity contribution in [1.82, 2.24) is 9.80 Å². The van der Waals surface area contributed by atoms with Crippen LogP contribution in [0.5, 0.6) is 0 Å². The molecule has 0 aromatic heterocycles. The molecule has 2 rings (SSSR count). The number of nitrogens with two attached hydrogens (primary N) is 1. The van der Waals surface area contributed by atoms with E-state index in [1.54, 1.807) is 0 Å². The Balaban J connectivity index is 1.93. The SMILES string of the molecule is CC(c1cccc(N)c1)N(C)CC1CN(C)CCO1. The average molecular weight is 263 g/mol. The lowest BCUT2D eigenvalue weighted by atomic mass is 10.1.